The Bertz CT molecular complexity index is 553. The summed E-state index contributed by atoms with van der Waals surface area (Å²) in [6.45, 7) is 1.33. The molecular formula is C13H18N2O4S. The molecule has 0 unspecified atom stereocenters. The normalized spacial score (nSPS) is 16.4. The maximum atomic E-state index is 11.7. The third-order valence-corrected chi connectivity index (χ3v) is 4.34. The van der Waals surface area contributed by atoms with Gasteiger partial charge in [-0.3, -0.25) is 4.79 Å². The number of nitrogens with one attached hydrogen (secondary N) is 1. The molecule has 0 aliphatic carbocycles. The van der Waals surface area contributed by atoms with Crippen LogP contribution in [-0.2, 0) is 14.8 Å². The number of rotatable bonds is 6. The highest BCUT2D eigenvalue weighted by Crippen LogP contribution is 2.18. The van der Waals surface area contributed by atoms with Gasteiger partial charge in [0.1, 0.15) is 12.4 Å². The molecule has 1 aliphatic rings. The molecule has 1 saturated heterocycles. The summed E-state index contributed by atoms with van der Waals surface area (Å²) < 4.78 is 29.1. The first kappa shape index (κ1) is 14.8. The molecule has 7 heteroatoms. The van der Waals surface area contributed by atoms with E-state index in [-0.39, 0.29) is 24.9 Å². The molecule has 1 aromatic carbocycles. The number of carbonyl (C=O) groups is 1. The van der Waals surface area contributed by atoms with Crippen molar-refractivity contribution in [1.82, 2.24) is 9.62 Å². The summed E-state index contributed by atoms with van der Waals surface area (Å²) in [5.74, 6) is 0.386. The van der Waals surface area contributed by atoms with Crippen molar-refractivity contribution in [1.29, 1.82) is 0 Å². The maximum absolute atomic E-state index is 11.7. The van der Waals surface area contributed by atoms with Crippen LogP contribution >= 0.6 is 0 Å². The Balaban J connectivity index is 1.62. The van der Waals surface area contributed by atoms with Crippen molar-refractivity contribution in [3.63, 3.8) is 0 Å². The van der Waals surface area contributed by atoms with E-state index in [0.717, 1.165) is 12.0 Å². The number of nitrogens with zero attached hydrogens (tertiary/aromatic N) is 1. The van der Waals surface area contributed by atoms with Crippen LogP contribution in [-0.4, -0.2) is 51.1 Å². The average molecular weight is 298 g/mol. The van der Waals surface area contributed by atoms with Gasteiger partial charge < -0.3 is 10.1 Å². The van der Waals surface area contributed by atoms with E-state index in [1.54, 1.807) is 0 Å². The zero-order chi connectivity index (χ0) is 14.6. The fourth-order valence-electron chi connectivity index (χ4n) is 1.88. The van der Waals surface area contributed by atoms with Crippen molar-refractivity contribution in [2.75, 3.05) is 32.5 Å². The molecule has 110 valence electrons. The first-order valence-electron chi connectivity index (χ1n) is 6.37. The monoisotopic (exact) mass is 298 g/mol. The lowest BCUT2D eigenvalue weighted by atomic mass is 10.0. The van der Waals surface area contributed by atoms with E-state index in [4.69, 9.17) is 4.74 Å². The summed E-state index contributed by atoms with van der Waals surface area (Å²) in [7, 11) is -3.17. The molecule has 6 nitrogen and oxygen atoms in total. The lowest BCUT2D eigenvalue weighted by Crippen LogP contribution is -2.55. The summed E-state index contributed by atoms with van der Waals surface area (Å²) in [6, 6.07) is 9.35. The summed E-state index contributed by atoms with van der Waals surface area (Å²) in [5.41, 5.74) is 0. The van der Waals surface area contributed by atoms with Crippen molar-refractivity contribution < 1.29 is 17.9 Å². The van der Waals surface area contributed by atoms with Gasteiger partial charge >= 0.3 is 0 Å². The fraction of sp³-hybridized carbons (Fsp3) is 0.462. The number of hydrogen-bond donors (Lipinski definition) is 1. The first-order valence-corrected chi connectivity index (χ1v) is 8.22. The van der Waals surface area contributed by atoms with Gasteiger partial charge in [-0.15, -0.1) is 0 Å². The third kappa shape index (κ3) is 3.94. The van der Waals surface area contributed by atoms with Crippen LogP contribution < -0.4 is 10.1 Å². The predicted octanol–water partition coefficient (Wildman–Crippen LogP) is 0.0730. The molecule has 0 spiro atoms. The topological polar surface area (TPSA) is 75.7 Å². The van der Waals surface area contributed by atoms with Crippen LogP contribution in [0.2, 0.25) is 0 Å². The Morgan fingerprint density at radius 3 is 2.60 bits per heavy atom. The van der Waals surface area contributed by atoms with Gasteiger partial charge in [-0.1, -0.05) is 18.2 Å². The van der Waals surface area contributed by atoms with E-state index in [1.807, 2.05) is 30.3 Å². The van der Waals surface area contributed by atoms with Crippen molar-refractivity contribution in [3.8, 4) is 5.75 Å². The molecule has 1 N–H and O–H groups in total. The van der Waals surface area contributed by atoms with E-state index in [9.17, 15) is 13.2 Å². The van der Waals surface area contributed by atoms with Gasteiger partial charge in [0.25, 0.3) is 0 Å². The third-order valence-electron chi connectivity index (χ3n) is 3.10. The van der Waals surface area contributed by atoms with Crippen LogP contribution in [0.15, 0.2) is 30.3 Å². The van der Waals surface area contributed by atoms with Crippen molar-refractivity contribution in [2.24, 2.45) is 5.92 Å². The summed E-state index contributed by atoms with van der Waals surface area (Å²) >= 11 is 0. The molecule has 0 bridgehead atoms. The molecule has 1 amide bonds. The average Bonchev–Trinajstić information content (AvgIpc) is 2.32. The Morgan fingerprint density at radius 2 is 2.00 bits per heavy atom. The molecule has 1 aliphatic heterocycles. The summed E-state index contributed by atoms with van der Waals surface area (Å²) in [5, 5.41) is 2.74. The van der Waals surface area contributed by atoms with Crippen LogP contribution in [0.1, 0.15) is 0 Å². The fourth-order valence-corrected chi connectivity index (χ4v) is 2.78. The van der Waals surface area contributed by atoms with Crippen molar-refractivity contribution in [2.45, 2.75) is 0 Å². The summed E-state index contributed by atoms with van der Waals surface area (Å²) in [4.78, 5) is 11.7. The number of amides is 1. The van der Waals surface area contributed by atoms with Crippen molar-refractivity contribution >= 4 is 15.9 Å². The van der Waals surface area contributed by atoms with E-state index in [2.05, 4.69) is 5.32 Å². The number of hydrogen-bond acceptors (Lipinski definition) is 4. The number of sulfonamides is 1. The Hall–Kier alpha value is -1.60. The van der Waals surface area contributed by atoms with Crippen LogP contribution in [0.5, 0.6) is 5.75 Å². The van der Waals surface area contributed by atoms with E-state index in [1.165, 1.54) is 4.31 Å². The van der Waals surface area contributed by atoms with Gasteiger partial charge in [-0.25, -0.2) is 12.7 Å². The minimum atomic E-state index is -3.17. The second-order valence-electron chi connectivity index (χ2n) is 4.73. The molecule has 1 fully saturated rings. The second kappa shape index (κ2) is 6.23. The second-order valence-corrected chi connectivity index (χ2v) is 6.71. The quantitative estimate of drug-likeness (QED) is 0.754. The SMILES string of the molecule is CS(=O)(=O)N1CC(C(=O)NCCOc2ccccc2)C1. The zero-order valence-corrected chi connectivity index (χ0v) is 12.1. The first-order chi connectivity index (χ1) is 9.47. The Labute approximate surface area is 118 Å². The van der Waals surface area contributed by atoms with Crippen LogP contribution in [0, 0.1) is 5.92 Å². The molecule has 20 heavy (non-hydrogen) atoms. The van der Waals surface area contributed by atoms with E-state index < -0.39 is 10.0 Å². The van der Waals surface area contributed by atoms with Gasteiger partial charge in [0.15, 0.2) is 0 Å². The number of benzene rings is 1. The van der Waals surface area contributed by atoms with Gasteiger partial charge in [0, 0.05) is 13.1 Å². The van der Waals surface area contributed by atoms with Gasteiger partial charge in [-0.2, -0.15) is 0 Å². The molecule has 0 atom stereocenters. The molecule has 1 heterocycles. The number of ether oxygens (including phenoxy) is 1. The zero-order valence-electron chi connectivity index (χ0n) is 11.3. The van der Waals surface area contributed by atoms with Crippen LogP contribution in [0.25, 0.3) is 0 Å². The van der Waals surface area contributed by atoms with Crippen molar-refractivity contribution in [3.05, 3.63) is 30.3 Å². The molecule has 0 radical (unpaired) electrons. The highest BCUT2D eigenvalue weighted by Gasteiger charge is 2.37. The largest absolute Gasteiger partial charge is 0.492 e. The Morgan fingerprint density at radius 1 is 1.35 bits per heavy atom. The molecule has 1 aromatic rings. The molecule has 2 rings (SSSR count). The van der Waals surface area contributed by atoms with Gasteiger partial charge in [0.2, 0.25) is 15.9 Å². The van der Waals surface area contributed by atoms with Gasteiger partial charge in [-0.05, 0) is 12.1 Å². The van der Waals surface area contributed by atoms with E-state index >= 15 is 0 Å². The smallest absolute Gasteiger partial charge is 0.225 e. The highest BCUT2D eigenvalue weighted by atomic mass is 32.2. The standard InChI is InChI=1S/C13H18N2O4S/c1-20(17,18)15-9-11(10-15)13(16)14-7-8-19-12-5-3-2-4-6-12/h2-6,11H,7-10H2,1H3,(H,14,16). The molecule has 0 aromatic heterocycles. The predicted molar refractivity (Wildman–Crippen MR) is 74.9 cm³/mol. The van der Waals surface area contributed by atoms with Crippen LogP contribution in [0.4, 0.5) is 0 Å². The molecular weight excluding hydrogens is 280 g/mol. The maximum Gasteiger partial charge on any atom is 0.225 e. The number of carbonyl (C=O) groups excluding carboxylic acids is 1. The minimum Gasteiger partial charge on any atom is -0.492 e. The van der Waals surface area contributed by atoms with E-state index in [0.29, 0.717) is 13.2 Å². The molecule has 0 saturated carbocycles. The number of para-hydroxylation sites is 1. The van der Waals surface area contributed by atoms with Crippen LogP contribution in [0.3, 0.4) is 0 Å². The lowest BCUT2D eigenvalue weighted by Gasteiger charge is -2.35. The Kier molecular flexibility index (Phi) is 4.61. The lowest BCUT2D eigenvalue weighted by molar-refractivity contribution is -0.128. The minimum absolute atomic E-state index is 0.124. The summed E-state index contributed by atoms with van der Waals surface area (Å²) in [6.07, 6.45) is 1.15. The highest BCUT2D eigenvalue weighted by molar-refractivity contribution is 7.88. The van der Waals surface area contributed by atoms with Gasteiger partial charge in [0.05, 0.1) is 18.7 Å².